The highest BCUT2D eigenvalue weighted by Crippen LogP contribution is 2.19. The van der Waals surface area contributed by atoms with Crippen LogP contribution in [0.1, 0.15) is 13.8 Å². The minimum absolute atomic E-state index is 0.0487. The van der Waals surface area contributed by atoms with Crippen molar-refractivity contribution in [3.05, 3.63) is 24.3 Å². The molecule has 0 aliphatic carbocycles. The van der Waals surface area contributed by atoms with Gasteiger partial charge in [-0.05, 0) is 25.6 Å². The van der Waals surface area contributed by atoms with E-state index in [-0.39, 0.29) is 12.5 Å². The van der Waals surface area contributed by atoms with Crippen LogP contribution in [0.15, 0.2) is 24.3 Å². The zero-order valence-corrected chi connectivity index (χ0v) is 12.9. The third-order valence-electron chi connectivity index (χ3n) is 3.65. The summed E-state index contributed by atoms with van der Waals surface area (Å²) in [7, 11) is 0. The van der Waals surface area contributed by atoms with E-state index in [1.54, 1.807) is 0 Å². The Bertz CT molecular complexity index is 457. The van der Waals surface area contributed by atoms with Gasteiger partial charge in [0, 0.05) is 32.2 Å². The summed E-state index contributed by atoms with van der Waals surface area (Å²) in [5.41, 5.74) is 0. The van der Waals surface area contributed by atoms with Gasteiger partial charge in [0.2, 0.25) is 0 Å². The summed E-state index contributed by atoms with van der Waals surface area (Å²) >= 11 is 0. The number of hydrogen-bond donors (Lipinski definition) is 0. The number of rotatable bonds is 6. The number of carbonyl (C=O) groups excluding carboxylic acids is 1. The van der Waals surface area contributed by atoms with Crippen molar-refractivity contribution in [3.8, 4) is 11.5 Å². The molecule has 5 nitrogen and oxygen atoms in total. The van der Waals surface area contributed by atoms with Gasteiger partial charge in [0.05, 0.1) is 6.61 Å². The maximum atomic E-state index is 12.1. The van der Waals surface area contributed by atoms with Gasteiger partial charge < -0.3 is 19.3 Å². The lowest BCUT2D eigenvalue weighted by Crippen LogP contribution is -2.49. The molecule has 1 fully saturated rings. The van der Waals surface area contributed by atoms with E-state index in [0.717, 1.165) is 38.5 Å². The van der Waals surface area contributed by atoms with Gasteiger partial charge >= 0.3 is 0 Å². The molecule has 0 atom stereocenters. The number of likely N-dealkylation sites (N-methyl/N-ethyl adjacent to an activating group) is 1. The lowest BCUT2D eigenvalue weighted by molar-refractivity contribution is -0.135. The Hall–Kier alpha value is -1.75. The van der Waals surface area contributed by atoms with Crippen LogP contribution < -0.4 is 9.47 Å². The van der Waals surface area contributed by atoms with E-state index in [9.17, 15) is 4.79 Å². The molecule has 21 heavy (non-hydrogen) atoms. The molecule has 1 heterocycles. The van der Waals surface area contributed by atoms with Crippen LogP contribution in [0.3, 0.4) is 0 Å². The molecular formula is C16H24N2O3. The van der Waals surface area contributed by atoms with Crippen LogP contribution >= 0.6 is 0 Å². The quantitative estimate of drug-likeness (QED) is 0.799. The SMILES string of the molecule is CCOc1cccc(OCC(=O)N2CCN(CC)CC2)c1. The zero-order chi connectivity index (χ0) is 15.1. The predicted octanol–water partition coefficient (Wildman–Crippen LogP) is 1.63. The van der Waals surface area contributed by atoms with E-state index < -0.39 is 0 Å². The van der Waals surface area contributed by atoms with Gasteiger partial charge in [-0.25, -0.2) is 0 Å². The van der Waals surface area contributed by atoms with Crippen molar-refractivity contribution >= 4 is 5.91 Å². The highest BCUT2D eigenvalue weighted by molar-refractivity contribution is 5.77. The van der Waals surface area contributed by atoms with Gasteiger partial charge in [0.15, 0.2) is 6.61 Å². The molecule has 2 rings (SSSR count). The molecule has 0 radical (unpaired) electrons. The van der Waals surface area contributed by atoms with E-state index >= 15 is 0 Å². The Labute approximate surface area is 126 Å². The molecule has 0 bridgehead atoms. The second-order valence-electron chi connectivity index (χ2n) is 5.01. The molecule has 1 amide bonds. The fourth-order valence-corrected chi connectivity index (χ4v) is 2.37. The van der Waals surface area contributed by atoms with Crippen molar-refractivity contribution in [2.24, 2.45) is 0 Å². The summed E-state index contributed by atoms with van der Waals surface area (Å²) in [6.07, 6.45) is 0. The average Bonchev–Trinajstić information content (AvgIpc) is 2.53. The summed E-state index contributed by atoms with van der Waals surface area (Å²) < 4.78 is 11.0. The second kappa shape index (κ2) is 7.88. The van der Waals surface area contributed by atoms with Crippen molar-refractivity contribution in [2.75, 3.05) is 45.9 Å². The van der Waals surface area contributed by atoms with Crippen molar-refractivity contribution in [2.45, 2.75) is 13.8 Å². The van der Waals surface area contributed by atoms with Crippen LogP contribution in [0, 0.1) is 0 Å². The number of ether oxygens (including phenoxy) is 2. The van der Waals surface area contributed by atoms with Crippen LogP contribution in [0.5, 0.6) is 11.5 Å². The van der Waals surface area contributed by atoms with Crippen LogP contribution in [-0.2, 0) is 4.79 Å². The summed E-state index contributed by atoms with van der Waals surface area (Å²) in [5.74, 6) is 1.48. The highest BCUT2D eigenvalue weighted by Gasteiger charge is 2.20. The summed E-state index contributed by atoms with van der Waals surface area (Å²) in [5, 5.41) is 0. The van der Waals surface area contributed by atoms with Gasteiger partial charge in [-0.1, -0.05) is 13.0 Å². The standard InChI is InChI=1S/C16H24N2O3/c1-3-17-8-10-18(11-9-17)16(19)13-21-15-7-5-6-14(12-15)20-4-2/h5-7,12H,3-4,8-11,13H2,1-2H3. The molecule has 1 aliphatic rings. The molecule has 1 aliphatic heterocycles. The number of carbonyl (C=O) groups is 1. The number of benzene rings is 1. The van der Waals surface area contributed by atoms with E-state index in [2.05, 4.69) is 11.8 Å². The summed E-state index contributed by atoms with van der Waals surface area (Å²) in [6, 6.07) is 7.39. The first kappa shape index (κ1) is 15.6. The maximum Gasteiger partial charge on any atom is 0.260 e. The van der Waals surface area contributed by atoms with E-state index in [1.165, 1.54) is 0 Å². The van der Waals surface area contributed by atoms with Gasteiger partial charge in [-0.2, -0.15) is 0 Å². The smallest absolute Gasteiger partial charge is 0.260 e. The lowest BCUT2D eigenvalue weighted by atomic mass is 10.3. The minimum Gasteiger partial charge on any atom is -0.494 e. The highest BCUT2D eigenvalue weighted by atomic mass is 16.5. The number of amides is 1. The second-order valence-corrected chi connectivity index (χ2v) is 5.01. The van der Waals surface area contributed by atoms with E-state index in [1.807, 2.05) is 36.1 Å². The zero-order valence-electron chi connectivity index (χ0n) is 12.9. The molecule has 0 unspecified atom stereocenters. The van der Waals surface area contributed by atoms with Crippen LogP contribution in [0.25, 0.3) is 0 Å². The maximum absolute atomic E-state index is 12.1. The van der Waals surface area contributed by atoms with Crippen LogP contribution in [0.4, 0.5) is 0 Å². The Balaban J connectivity index is 1.80. The number of nitrogens with zero attached hydrogens (tertiary/aromatic N) is 2. The van der Waals surface area contributed by atoms with Crippen molar-refractivity contribution in [1.29, 1.82) is 0 Å². The molecule has 1 saturated heterocycles. The topological polar surface area (TPSA) is 42.0 Å². The number of hydrogen-bond acceptors (Lipinski definition) is 4. The first-order valence-electron chi connectivity index (χ1n) is 7.58. The first-order valence-corrected chi connectivity index (χ1v) is 7.58. The molecule has 1 aromatic rings. The Morgan fingerprint density at radius 2 is 1.76 bits per heavy atom. The first-order chi connectivity index (χ1) is 10.2. The fraction of sp³-hybridized carbons (Fsp3) is 0.562. The molecule has 5 heteroatoms. The van der Waals surface area contributed by atoms with Crippen molar-refractivity contribution < 1.29 is 14.3 Å². The minimum atomic E-state index is 0.0487. The Morgan fingerprint density at radius 3 is 2.38 bits per heavy atom. The van der Waals surface area contributed by atoms with Crippen molar-refractivity contribution in [1.82, 2.24) is 9.80 Å². The lowest BCUT2D eigenvalue weighted by Gasteiger charge is -2.33. The largest absolute Gasteiger partial charge is 0.494 e. The average molecular weight is 292 g/mol. The third-order valence-corrected chi connectivity index (χ3v) is 3.65. The van der Waals surface area contributed by atoms with Gasteiger partial charge in [-0.15, -0.1) is 0 Å². The monoisotopic (exact) mass is 292 g/mol. The molecule has 0 aromatic heterocycles. The third kappa shape index (κ3) is 4.63. The number of piperazine rings is 1. The molecule has 0 N–H and O–H groups in total. The molecule has 0 spiro atoms. The molecular weight excluding hydrogens is 268 g/mol. The van der Waals surface area contributed by atoms with Crippen LogP contribution in [-0.4, -0.2) is 61.6 Å². The van der Waals surface area contributed by atoms with Crippen molar-refractivity contribution in [3.63, 3.8) is 0 Å². The predicted molar refractivity (Wildman–Crippen MR) is 81.8 cm³/mol. The van der Waals surface area contributed by atoms with Gasteiger partial charge in [0.1, 0.15) is 11.5 Å². The summed E-state index contributed by atoms with van der Waals surface area (Å²) in [4.78, 5) is 16.3. The van der Waals surface area contributed by atoms with Gasteiger partial charge in [0.25, 0.3) is 5.91 Å². The molecule has 116 valence electrons. The normalized spacial score (nSPS) is 15.8. The van der Waals surface area contributed by atoms with E-state index in [4.69, 9.17) is 9.47 Å². The fourth-order valence-electron chi connectivity index (χ4n) is 2.37. The van der Waals surface area contributed by atoms with Gasteiger partial charge in [-0.3, -0.25) is 4.79 Å². The Morgan fingerprint density at radius 1 is 1.10 bits per heavy atom. The van der Waals surface area contributed by atoms with E-state index in [0.29, 0.717) is 12.4 Å². The molecule has 0 saturated carbocycles. The summed E-state index contributed by atoms with van der Waals surface area (Å²) in [6.45, 7) is 9.29. The Kier molecular flexibility index (Phi) is 5.87. The molecule has 1 aromatic carbocycles. The van der Waals surface area contributed by atoms with Crippen LogP contribution in [0.2, 0.25) is 0 Å².